The third kappa shape index (κ3) is 74.9. The summed E-state index contributed by atoms with van der Waals surface area (Å²) in [5.74, 6) is -2.38. The van der Waals surface area contributed by atoms with Crippen molar-refractivity contribution in [2.75, 3.05) is 39.6 Å². The summed E-state index contributed by atoms with van der Waals surface area (Å²) >= 11 is 0. The van der Waals surface area contributed by atoms with E-state index in [4.69, 9.17) is 37.0 Å². The zero-order valence-electron chi connectivity index (χ0n) is 64.6. The van der Waals surface area contributed by atoms with Crippen molar-refractivity contribution in [1.29, 1.82) is 0 Å². The number of allylic oxidation sites excluding steroid dienone is 25. The smallest absolute Gasteiger partial charge is 0.462 e. The lowest BCUT2D eigenvalue weighted by Crippen LogP contribution is -2.30. The van der Waals surface area contributed by atoms with E-state index in [1.807, 2.05) is 12.2 Å². The Morgan fingerprint density at radius 3 is 0.885 bits per heavy atom. The van der Waals surface area contributed by atoms with Crippen molar-refractivity contribution in [2.24, 2.45) is 0 Å². The molecular weight excluding hydrogens is 1350 g/mol. The zero-order valence-corrected chi connectivity index (χ0v) is 66.4. The average Bonchev–Trinajstić information content (AvgIpc) is 0.925. The molecule has 0 aromatic heterocycles. The molecule has 592 valence electrons. The molecule has 0 saturated heterocycles. The number of phosphoric acid groups is 2. The van der Waals surface area contributed by atoms with E-state index >= 15 is 0 Å². The molecule has 0 saturated carbocycles. The largest absolute Gasteiger partial charge is 0.472 e. The van der Waals surface area contributed by atoms with Gasteiger partial charge in [-0.1, -0.05) is 276 Å². The number of aliphatic hydroxyl groups excluding tert-OH is 1. The predicted octanol–water partition coefficient (Wildman–Crippen LogP) is 23.2. The van der Waals surface area contributed by atoms with E-state index in [9.17, 15) is 43.2 Å². The molecule has 0 rings (SSSR count). The molecule has 0 spiro atoms. The number of hydrogen-bond donors (Lipinski definition) is 3. The van der Waals surface area contributed by atoms with Gasteiger partial charge in [-0.25, -0.2) is 9.13 Å². The third-order valence-electron chi connectivity index (χ3n) is 16.0. The Kier molecular flexibility index (Phi) is 72.0. The number of unbranched alkanes of at least 4 members (excludes halogenated alkanes) is 22. The van der Waals surface area contributed by atoms with E-state index in [-0.39, 0.29) is 25.7 Å². The quantitative estimate of drug-likeness (QED) is 0.0169. The standard InChI is InChI=1S/C85H140O17P2/c1-5-9-13-17-21-25-29-33-36-38-39-41-44-47-50-54-58-62-66-70-83(88)95-75-80(101-84(89)71-67-63-59-55-51-45-32-28-24-20-16-12-8-4)77-99-103(91,92)97-73-79(86)74-98-104(93,94)100-78-81(102-85(90)72-68-64-60-56-52-48-42-35-31-27-23-19-15-11-7-3)76-96-82(87)69-65-61-57-53-49-46-43-40-37-34-30-26-22-18-14-10-6-2/h10-11,14-15,21-23,25-28,32-37,39,41-43,46,52,56,64,68,79-81,86H,5-9,12-13,16-20,24,29-31,38,40,44-45,47-51,53-55,57-63,65-67,69-78H2,1-4H3,(H,91,92)(H,93,94)/b14-10-,15-11-,25-21-,26-22-,27-23-,32-28-,36-33-,37-34-,41-39-,42-35-,46-43-,56-52-,68-64-. The van der Waals surface area contributed by atoms with Crippen molar-refractivity contribution >= 4 is 39.5 Å². The van der Waals surface area contributed by atoms with Crippen LogP contribution in [0.5, 0.6) is 0 Å². The lowest BCUT2D eigenvalue weighted by molar-refractivity contribution is -0.161. The molecule has 0 aliphatic heterocycles. The van der Waals surface area contributed by atoms with Crippen LogP contribution in [0.15, 0.2) is 158 Å². The van der Waals surface area contributed by atoms with Gasteiger partial charge < -0.3 is 33.8 Å². The van der Waals surface area contributed by atoms with Gasteiger partial charge in [0.15, 0.2) is 12.2 Å². The van der Waals surface area contributed by atoms with Gasteiger partial charge in [0.05, 0.1) is 32.8 Å². The molecule has 0 fully saturated rings. The second-order valence-corrected chi connectivity index (χ2v) is 28.8. The summed E-state index contributed by atoms with van der Waals surface area (Å²) < 4.78 is 68.4. The highest BCUT2D eigenvalue weighted by atomic mass is 31.2. The summed E-state index contributed by atoms with van der Waals surface area (Å²) in [4.78, 5) is 72.9. The molecule has 3 N–H and O–H groups in total. The molecule has 0 aromatic rings. The maximum atomic E-state index is 13.1. The minimum atomic E-state index is -5.01. The van der Waals surface area contributed by atoms with Crippen LogP contribution in [0.2, 0.25) is 0 Å². The Labute approximate surface area is 629 Å². The Balaban J connectivity index is 5.45. The highest BCUT2D eigenvalue weighted by Gasteiger charge is 2.30. The van der Waals surface area contributed by atoms with Crippen molar-refractivity contribution in [3.63, 3.8) is 0 Å². The summed E-state index contributed by atoms with van der Waals surface area (Å²) in [6, 6.07) is 0. The number of carbonyl (C=O) groups excluding carboxylic acids is 4. The van der Waals surface area contributed by atoms with Crippen molar-refractivity contribution in [3.8, 4) is 0 Å². The lowest BCUT2D eigenvalue weighted by atomic mass is 10.1. The van der Waals surface area contributed by atoms with Crippen molar-refractivity contribution in [3.05, 3.63) is 158 Å². The lowest BCUT2D eigenvalue weighted by Gasteiger charge is -2.21. The predicted molar refractivity (Wildman–Crippen MR) is 427 cm³/mol. The van der Waals surface area contributed by atoms with Gasteiger partial charge in [0.25, 0.3) is 0 Å². The summed E-state index contributed by atoms with van der Waals surface area (Å²) in [5.41, 5.74) is 0. The fourth-order valence-corrected chi connectivity index (χ4v) is 11.6. The number of esters is 4. The van der Waals surface area contributed by atoms with Crippen LogP contribution in [0.1, 0.15) is 297 Å². The Hall–Kier alpha value is -5.32. The van der Waals surface area contributed by atoms with E-state index in [1.54, 1.807) is 12.2 Å². The fraction of sp³-hybridized carbons (Fsp3) is 0.647. The maximum absolute atomic E-state index is 13.1. The molecule has 5 unspecified atom stereocenters. The molecule has 104 heavy (non-hydrogen) atoms. The molecule has 0 heterocycles. The van der Waals surface area contributed by atoms with Gasteiger partial charge in [-0.05, 0) is 154 Å². The van der Waals surface area contributed by atoms with Crippen molar-refractivity contribution in [2.45, 2.75) is 316 Å². The van der Waals surface area contributed by atoms with Gasteiger partial charge in [0, 0.05) is 19.3 Å². The molecule has 17 nitrogen and oxygen atoms in total. The van der Waals surface area contributed by atoms with Crippen LogP contribution in [0.4, 0.5) is 0 Å². The first kappa shape index (κ1) is 98.7. The molecule has 19 heteroatoms. The molecule has 0 aliphatic carbocycles. The van der Waals surface area contributed by atoms with Gasteiger partial charge in [-0.2, -0.15) is 0 Å². The van der Waals surface area contributed by atoms with E-state index in [1.165, 1.54) is 44.9 Å². The Morgan fingerprint density at radius 2 is 0.538 bits per heavy atom. The fourth-order valence-electron chi connectivity index (χ4n) is 9.99. The van der Waals surface area contributed by atoms with Crippen LogP contribution in [0.25, 0.3) is 0 Å². The van der Waals surface area contributed by atoms with Gasteiger partial charge >= 0.3 is 39.5 Å². The molecule has 0 aliphatic rings. The third-order valence-corrected chi connectivity index (χ3v) is 17.9. The maximum Gasteiger partial charge on any atom is 0.472 e. The van der Waals surface area contributed by atoms with E-state index in [0.717, 1.165) is 173 Å². The molecule has 0 aromatic carbocycles. The second kappa shape index (κ2) is 75.9. The summed E-state index contributed by atoms with van der Waals surface area (Å²) in [7, 11) is -10.0. The van der Waals surface area contributed by atoms with Crippen LogP contribution in [-0.2, 0) is 65.4 Å². The van der Waals surface area contributed by atoms with E-state index in [2.05, 4.69) is 161 Å². The first-order chi connectivity index (χ1) is 50.7. The van der Waals surface area contributed by atoms with Crippen molar-refractivity contribution < 1.29 is 80.2 Å². The topological polar surface area (TPSA) is 237 Å². The Morgan fingerprint density at radius 1 is 0.288 bits per heavy atom. The summed E-state index contributed by atoms with van der Waals surface area (Å²) in [5, 5.41) is 10.6. The minimum absolute atomic E-state index is 0.0748. The van der Waals surface area contributed by atoms with Crippen LogP contribution in [-0.4, -0.2) is 96.7 Å². The van der Waals surface area contributed by atoms with Gasteiger partial charge in [0.1, 0.15) is 19.3 Å². The Bertz CT molecular complexity index is 2590. The van der Waals surface area contributed by atoms with Crippen molar-refractivity contribution in [1.82, 2.24) is 0 Å². The van der Waals surface area contributed by atoms with Crippen LogP contribution in [0.3, 0.4) is 0 Å². The minimum Gasteiger partial charge on any atom is -0.462 e. The van der Waals surface area contributed by atoms with Crippen LogP contribution >= 0.6 is 15.6 Å². The number of ether oxygens (including phenoxy) is 4. The van der Waals surface area contributed by atoms with Gasteiger partial charge in [-0.3, -0.25) is 37.3 Å². The first-order valence-corrected chi connectivity index (χ1v) is 42.7. The number of aliphatic hydroxyl groups is 1. The molecule has 5 atom stereocenters. The zero-order chi connectivity index (χ0) is 76.0. The monoisotopic (exact) mass is 1490 g/mol. The second-order valence-electron chi connectivity index (χ2n) is 25.9. The van der Waals surface area contributed by atoms with Gasteiger partial charge in [0.2, 0.25) is 0 Å². The van der Waals surface area contributed by atoms with E-state index in [0.29, 0.717) is 25.7 Å². The number of rotatable bonds is 73. The number of phosphoric ester groups is 2. The molecular formula is C85H140O17P2. The van der Waals surface area contributed by atoms with E-state index < -0.39 is 97.5 Å². The molecule has 0 bridgehead atoms. The molecule has 0 amide bonds. The number of hydrogen-bond acceptors (Lipinski definition) is 15. The van der Waals surface area contributed by atoms with Crippen LogP contribution < -0.4 is 0 Å². The summed E-state index contributed by atoms with van der Waals surface area (Å²) in [6.45, 7) is 4.43. The highest BCUT2D eigenvalue weighted by Crippen LogP contribution is 2.45. The normalized spacial score (nSPS) is 14.7. The average molecular weight is 1500 g/mol. The summed E-state index contributed by atoms with van der Waals surface area (Å²) in [6.07, 6.45) is 88.3. The van der Waals surface area contributed by atoms with Crippen LogP contribution in [0, 0.1) is 0 Å². The highest BCUT2D eigenvalue weighted by molar-refractivity contribution is 7.47. The molecule has 0 radical (unpaired) electrons. The van der Waals surface area contributed by atoms with Gasteiger partial charge in [-0.15, -0.1) is 0 Å². The SMILES string of the molecule is CC/C=C\C/C=C\C/C=C\C/C=C\C/C=C\CC(=O)OC(COC(=O)CCCCCC/C=C\C/C=C\C/C=C\C/C=C\CC)COP(=O)(O)OCC(O)COP(=O)(O)OCC(COC(=O)CCCCCCCC/C=C\C/C=C\C/C=C\CCCCC)OC(=O)CCCCCCC/C=C\CCCCCC. The number of carbonyl (C=O) groups is 4. The first-order valence-electron chi connectivity index (χ1n) is 39.7.